The lowest BCUT2D eigenvalue weighted by Gasteiger charge is -2.05. The third-order valence-corrected chi connectivity index (χ3v) is 3.23. The predicted molar refractivity (Wildman–Crippen MR) is 75.6 cm³/mol. The molecule has 1 aromatic carbocycles. The zero-order chi connectivity index (χ0) is 13.3. The summed E-state index contributed by atoms with van der Waals surface area (Å²) in [4.78, 5) is 29.4. The van der Waals surface area contributed by atoms with Crippen LogP contribution in [-0.2, 0) is 16.1 Å². The van der Waals surface area contributed by atoms with E-state index in [1.807, 2.05) is 0 Å². The number of esters is 1. The zero-order valence-electron chi connectivity index (χ0n) is 9.29. The van der Waals surface area contributed by atoms with E-state index >= 15 is 0 Å². The molecule has 7 heteroatoms. The van der Waals surface area contributed by atoms with Gasteiger partial charge in [0.1, 0.15) is 12.4 Å². The van der Waals surface area contributed by atoms with E-state index in [1.165, 1.54) is 6.92 Å². The van der Waals surface area contributed by atoms with Gasteiger partial charge in [-0.05, 0) is 34.7 Å². The molecule has 0 spiro atoms. The average molecular weight is 379 g/mol. The van der Waals surface area contributed by atoms with Crippen LogP contribution in [0.25, 0.3) is 10.9 Å². The second-order valence-electron chi connectivity index (χ2n) is 3.58. The van der Waals surface area contributed by atoms with Gasteiger partial charge < -0.3 is 9.72 Å². The van der Waals surface area contributed by atoms with E-state index in [0.717, 1.165) is 3.57 Å². The Bertz CT molecular complexity index is 684. The highest BCUT2D eigenvalue weighted by Gasteiger charge is 2.09. The fraction of sp³-hybridized carbons (Fsp3) is 0.182. The van der Waals surface area contributed by atoms with Crippen LogP contribution < -0.4 is 5.56 Å². The Kier molecular flexibility index (Phi) is 3.86. The lowest BCUT2D eigenvalue weighted by atomic mass is 10.2. The molecule has 18 heavy (non-hydrogen) atoms. The van der Waals surface area contributed by atoms with Crippen molar-refractivity contribution < 1.29 is 9.53 Å². The Morgan fingerprint density at radius 2 is 2.28 bits per heavy atom. The molecule has 1 N–H and O–H groups in total. The van der Waals surface area contributed by atoms with E-state index in [2.05, 4.69) is 32.6 Å². The molecule has 0 bridgehead atoms. The largest absolute Gasteiger partial charge is 0.458 e. The maximum atomic E-state index is 11.9. The minimum atomic E-state index is -0.427. The number of aromatic nitrogens is 2. The molecule has 2 aromatic rings. The Hall–Kier alpha value is -1.15. The summed E-state index contributed by atoms with van der Waals surface area (Å²) >= 11 is 7.94. The number of carbonyl (C=O) groups excluding carboxylic acids is 1. The molecule has 0 saturated carbocycles. The number of carbonyl (C=O) groups is 1. The van der Waals surface area contributed by atoms with Crippen molar-refractivity contribution in [2.45, 2.75) is 13.5 Å². The fourth-order valence-electron chi connectivity index (χ4n) is 1.45. The molecular weight excluding hydrogens is 370 g/mol. The normalized spacial score (nSPS) is 10.6. The van der Waals surface area contributed by atoms with Crippen LogP contribution in [0.3, 0.4) is 0 Å². The van der Waals surface area contributed by atoms with Crippen molar-refractivity contribution in [3.63, 3.8) is 0 Å². The van der Waals surface area contributed by atoms with Gasteiger partial charge in [-0.3, -0.25) is 9.59 Å². The summed E-state index contributed by atoms with van der Waals surface area (Å²) in [5.74, 6) is -0.119. The summed E-state index contributed by atoms with van der Waals surface area (Å²) in [5, 5.41) is 0.894. The van der Waals surface area contributed by atoms with Gasteiger partial charge in [0, 0.05) is 15.5 Å². The van der Waals surface area contributed by atoms with E-state index in [0.29, 0.717) is 21.7 Å². The molecule has 1 heterocycles. The third-order valence-electron chi connectivity index (χ3n) is 2.19. The highest BCUT2D eigenvalue weighted by Crippen LogP contribution is 2.21. The van der Waals surface area contributed by atoms with Crippen molar-refractivity contribution in [1.82, 2.24) is 9.97 Å². The summed E-state index contributed by atoms with van der Waals surface area (Å²) in [6, 6.07) is 3.27. The smallest absolute Gasteiger partial charge is 0.303 e. The summed E-state index contributed by atoms with van der Waals surface area (Å²) in [7, 11) is 0. The molecule has 0 saturated heterocycles. The number of rotatable bonds is 2. The van der Waals surface area contributed by atoms with Crippen LogP contribution in [0.2, 0.25) is 5.02 Å². The van der Waals surface area contributed by atoms with Crippen molar-refractivity contribution in [3.8, 4) is 0 Å². The molecule has 0 atom stereocenters. The van der Waals surface area contributed by atoms with Crippen LogP contribution in [0.15, 0.2) is 16.9 Å². The van der Waals surface area contributed by atoms with Crippen LogP contribution in [0.4, 0.5) is 0 Å². The lowest BCUT2D eigenvalue weighted by molar-refractivity contribution is -0.142. The van der Waals surface area contributed by atoms with Crippen molar-refractivity contribution in [1.29, 1.82) is 0 Å². The highest BCUT2D eigenvalue weighted by atomic mass is 127. The fourth-order valence-corrected chi connectivity index (χ4v) is 2.60. The maximum absolute atomic E-state index is 11.9. The molecule has 0 aliphatic carbocycles. The highest BCUT2D eigenvalue weighted by molar-refractivity contribution is 14.1. The first kappa shape index (κ1) is 13.3. The molecule has 0 aliphatic rings. The van der Waals surface area contributed by atoms with Gasteiger partial charge in [-0.15, -0.1) is 0 Å². The lowest BCUT2D eigenvalue weighted by Crippen LogP contribution is -2.14. The summed E-state index contributed by atoms with van der Waals surface area (Å²) in [5.41, 5.74) is 0.244. The first-order valence-corrected chi connectivity index (χ1v) is 6.44. The second kappa shape index (κ2) is 5.23. The molecule has 0 fully saturated rings. The van der Waals surface area contributed by atoms with Gasteiger partial charge in [0.2, 0.25) is 0 Å². The van der Waals surface area contributed by atoms with E-state index in [9.17, 15) is 9.59 Å². The van der Waals surface area contributed by atoms with E-state index < -0.39 is 5.97 Å². The number of halogens is 2. The Labute approximate surface area is 121 Å². The summed E-state index contributed by atoms with van der Waals surface area (Å²) in [6.45, 7) is 1.24. The van der Waals surface area contributed by atoms with Gasteiger partial charge >= 0.3 is 5.97 Å². The van der Waals surface area contributed by atoms with Gasteiger partial charge in [-0.2, -0.15) is 0 Å². The molecule has 0 amide bonds. The first-order valence-electron chi connectivity index (χ1n) is 4.98. The maximum Gasteiger partial charge on any atom is 0.303 e. The van der Waals surface area contributed by atoms with Crippen LogP contribution in [-0.4, -0.2) is 15.9 Å². The van der Waals surface area contributed by atoms with Gasteiger partial charge in [-0.25, -0.2) is 4.98 Å². The van der Waals surface area contributed by atoms with Gasteiger partial charge in [0.15, 0.2) is 0 Å². The molecular formula is C11H8ClIN2O3. The van der Waals surface area contributed by atoms with Crippen molar-refractivity contribution in [2.75, 3.05) is 0 Å². The van der Waals surface area contributed by atoms with Gasteiger partial charge in [0.25, 0.3) is 5.56 Å². The van der Waals surface area contributed by atoms with Crippen molar-refractivity contribution in [3.05, 3.63) is 36.9 Å². The topological polar surface area (TPSA) is 72.0 Å². The minimum absolute atomic E-state index is 0.0563. The quantitative estimate of drug-likeness (QED) is 0.643. The first-order chi connectivity index (χ1) is 8.47. The number of aromatic amines is 1. The van der Waals surface area contributed by atoms with Crippen LogP contribution in [0, 0.1) is 3.57 Å². The average Bonchev–Trinajstić information content (AvgIpc) is 2.28. The van der Waals surface area contributed by atoms with Gasteiger partial charge in [-0.1, -0.05) is 11.6 Å². The molecule has 5 nitrogen and oxygen atoms in total. The van der Waals surface area contributed by atoms with E-state index in [-0.39, 0.29) is 12.2 Å². The molecule has 2 rings (SSSR count). The van der Waals surface area contributed by atoms with Crippen LogP contribution in [0.1, 0.15) is 12.7 Å². The minimum Gasteiger partial charge on any atom is -0.458 e. The number of nitrogens with one attached hydrogen (secondary N) is 1. The number of hydrogen-bond acceptors (Lipinski definition) is 4. The number of H-pyrrole nitrogens is 1. The second-order valence-corrected chi connectivity index (χ2v) is 5.18. The standard InChI is InChI=1S/C11H8ClIN2O3/c1-5(16)18-4-9-14-10-7(11(17)15-9)2-6(12)3-8(10)13/h2-3H,4H2,1H3,(H,14,15,17). The third kappa shape index (κ3) is 2.81. The summed E-state index contributed by atoms with van der Waals surface area (Å²) in [6.07, 6.45) is 0. The van der Waals surface area contributed by atoms with E-state index in [4.69, 9.17) is 16.3 Å². The Morgan fingerprint density at radius 1 is 1.56 bits per heavy atom. The Balaban J connectivity index is 2.55. The summed E-state index contributed by atoms with van der Waals surface area (Å²) < 4.78 is 5.56. The number of nitrogens with zero attached hydrogens (tertiary/aromatic N) is 1. The molecule has 0 radical (unpaired) electrons. The molecule has 94 valence electrons. The van der Waals surface area contributed by atoms with Crippen LogP contribution in [0.5, 0.6) is 0 Å². The predicted octanol–water partition coefficient (Wildman–Crippen LogP) is 2.24. The van der Waals surface area contributed by atoms with Crippen molar-refractivity contribution in [2.24, 2.45) is 0 Å². The monoisotopic (exact) mass is 378 g/mol. The number of benzene rings is 1. The molecule has 0 unspecified atom stereocenters. The van der Waals surface area contributed by atoms with E-state index in [1.54, 1.807) is 12.1 Å². The Morgan fingerprint density at radius 3 is 2.94 bits per heavy atom. The van der Waals surface area contributed by atoms with Crippen LogP contribution >= 0.6 is 34.2 Å². The zero-order valence-corrected chi connectivity index (χ0v) is 12.2. The number of hydrogen-bond donors (Lipinski definition) is 1. The SMILES string of the molecule is CC(=O)OCc1nc2c(I)cc(Cl)cc2c(=O)[nH]1. The van der Waals surface area contributed by atoms with Gasteiger partial charge in [0.05, 0.1) is 10.9 Å². The molecule has 1 aromatic heterocycles. The number of fused-ring (bicyclic) bond motifs is 1. The number of ether oxygens (including phenoxy) is 1. The van der Waals surface area contributed by atoms with Crippen molar-refractivity contribution >= 4 is 51.1 Å². The molecule has 0 aliphatic heterocycles.